The average molecular weight is 413 g/mol. The van der Waals surface area contributed by atoms with E-state index in [0.717, 1.165) is 22.6 Å². The van der Waals surface area contributed by atoms with E-state index in [1.165, 1.54) is 0 Å². The lowest BCUT2D eigenvalue weighted by atomic mass is 10.2. The number of nitrogens with zero attached hydrogens (tertiary/aromatic N) is 2. The topological polar surface area (TPSA) is 45.9 Å². The number of furan rings is 1. The van der Waals surface area contributed by atoms with Crippen LogP contribution in [0.25, 0.3) is 0 Å². The van der Waals surface area contributed by atoms with Gasteiger partial charge in [0.1, 0.15) is 11.5 Å². The average Bonchev–Trinajstić information content (AvgIpc) is 3.20. The second-order valence-corrected chi connectivity index (χ2v) is 7.52. The van der Waals surface area contributed by atoms with E-state index in [-0.39, 0.29) is 12.5 Å². The first-order chi connectivity index (χ1) is 13.9. The minimum Gasteiger partial charge on any atom is -0.483 e. The van der Waals surface area contributed by atoms with Crippen LogP contribution in [-0.4, -0.2) is 31.5 Å². The molecule has 0 radical (unpaired) electrons. The molecule has 0 fully saturated rings. The van der Waals surface area contributed by atoms with Crippen molar-refractivity contribution >= 4 is 23.2 Å². The summed E-state index contributed by atoms with van der Waals surface area (Å²) in [5.41, 5.74) is 3.04. The van der Waals surface area contributed by atoms with E-state index < -0.39 is 0 Å². The van der Waals surface area contributed by atoms with E-state index in [2.05, 4.69) is 0 Å². The van der Waals surface area contributed by atoms with Gasteiger partial charge in [-0.15, -0.1) is 0 Å². The Balaban J connectivity index is 1.70. The lowest BCUT2D eigenvalue weighted by Gasteiger charge is -2.23. The Hall–Kier alpha value is -2.92. The standard InChI is InChI=1S/C23H25ClN2O3/c1-17-13-19(24)8-11-22(17)29-16-23(27)26(15-21-5-4-12-28-21)14-18-6-9-20(10-7-18)25(2)3/h4-13H,14-16H2,1-3H3. The van der Waals surface area contributed by atoms with Gasteiger partial charge in [-0.3, -0.25) is 4.79 Å². The van der Waals surface area contributed by atoms with Crippen LogP contribution in [0.5, 0.6) is 5.75 Å². The molecule has 6 heteroatoms. The molecule has 3 aromatic rings. The van der Waals surface area contributed by atoms with Gasteiger partial charge in [-0.1, -0.05) is 23.7 Å². The quantitative estimate of drug-likeness (QED) is 0.527. The first kappa shape index (κ1) is 20.8. The van der Waals surface area contributed by atoms with Crippen molar-refractivity contribution in [2.45, 2.75) is 20.0 Å². The van der Waals surface area contributed by atoms with Gasteiger partial charge in [0.25, 0.3) is 5.91 Å². The molecular formula is C23H25ClN2O3. The molecule has 2 aromatic carbocycles. The fourth-order valence-corrected chi connectivity index (χ4v) is 3.17. The molecule has 0 aliphatic rings. The van der Waals surface area contributed by atoms with Gasteiger partial charge in [0, 0.05) is 31.4 Å². The second-order valence-electron chi connectivity index (χ2n) is 7.09. The minimum absolute atomic E-state index is 0.0566. The monoisotopic (exact) mass is 412 g/mol. The molecule has 29 heavy (non-hydrogen) atoms. The van der Waals surface area contributed by atoms with Crippen LogP contribution in [0.15, 0.2) is 65.3 Å². The van der Waals surface area contributed by atoms with Gasteiger partial charge < -0.3 is 19.0 Å². The highest BCUT2D eigenvalue weighted by atomic mass is 35.5. The third-order valence-corrected chi connectivity index (χ3v) is 4.83. The van der Waals surface area contributed by atoms with E-state index in [0.29, 0.717) is 23.9 Å². The number of aryl methyl sites for hydroxylation is 1. The van der Waals surface area contributed by atoms with Crippen molar-refractivity contribution in [1.82, 2.24) is 4.90 Å². The van der Waals surface area contributed by atoms with Crippen molar-refractivity contribution < 1.29 is 13.9 Å². The van der Waals surface area contributed by atoms with Gasteiger partial charge in [-0.2, -0.15) is 0 Å². The molecule has 3 rings (SSSR count). The van der Waals surface area contributed by atoms with Crippen molar-refractivity contribution in [3.05, 3.63) is 82.8 Å². The molecule has 0 aliphatic heterocycles. The molecule has 1 aromatic heterocycles. The number of benzene rings is 2. The highest BCUT2D eigenvalue weighted by molar-refractivity contribution is 6.30. The maximum absolute atomic E-state index is 12.9. The summed E-state index contributed by atoms with van der Waals surface area (Å²) < 4.78 is 11.2. The Kier molecular flexibility index (Phi) is 6.83. The van der Waals surface area contributed by atoms with Crippen LogP contribution < -0.4 is 9.64 Å². The minimum atomic E-state index is -0.118. The third-order valence-electron chi connectivity index (χ3n) is 4.59. The number of hydrogen-bond donors (Lipinski definition) is 0. The number of halogens is 1. The van der Waals surface area contributed by atoms with Gasteiger partial charge in [0.2, 0.25) is 0 Å². The first-order valence-electron chi connectivity index (χ1n) is 9.38. The van der Waals surface area contributed by atoms with Gasteiger partial charge in [0.15, 0.2) is 6.61 Å². The number of hydrogen-bond acceptors (Lipinski definition) is 4. The Morgan fingerprint density at radius 2 is 1.83 bits per heavy atom. The van der Waals surface area contributed by atoms with Crippen LogP contribution in [-0.2, 0) is 17.9 Å². The fraction of sp³-hybridized carbons (Fsp3) is 0.261. The maximum atomic E-state index is 12.9. The Morgan fingerprint density at radius 3 is 2.45 bits per heavy atom. The molecule has 0 saturated carbocycles. The normalized spacial score (nSPS) is 10.6. The molecule has 0 spiro atoms. The lowest BCUT2D eigenvalue weighted by Crippen LogP contribution is -2.34. The van der Waals surface area contributed by atoms with E-state index in [4.69, 9.17) is 20.8 Å². The summed E-state index contributed by atoms with van der Waals surface area (Å²) in [6.07, 6.45) is 1.61. The number of anilines is 1. The molecule has 0 aliphatic carbocycles. The van der Waals surface area contributed by atoms with Gasteiger partial charge in [0.05, 0.1) is 12.8 Å². The number of ether oxygens (including phenoxy) is 1. The highest BCUT2D eigenvalue weighted by Gasteiger charge is 2.17. The number of carbonyl (C=O) groups excluding carboxylic acids is 1. The predicted molar refractivity (Wildman–Crippen MR) is 115 cm³/mol. The molecular weight excluding hydrogens is 388 g/mol. The summed E-state index contributed by atoms with van der Waals surface area (Å²) in [7, 11) is 4.00. The molecule has 1 amide bonds. The van der Waals surface area contributed by atoms with Crippen LogP contribution in [0.2, 0.25) is 5.02 Å². The zero-order valence-corrected chi connectivity index (χ0v) is 17.6. The summed E-state index contributed by atoms with van der Waals surface area (Å²) in [6, 6.07) is 17.2. The van der Waals surface area contributed by atoms with E-state index in [1.807, 2.05) is 68.4 Å². The first-order valence-corrected chi connectivity index (χ1v) is 9.75. The van der Waals surface area contributed by atoms with E-state index >= 15 is 0 Å². The predicted octanol–water partition coefficient (Wildman–Crippen LogP) is 4.92. The van der Waals surface area contributed by atoms with Gasteiger partial charge in [-0.05, 0) is 60.5 Å². The molecule has 5 nitrogen and oxygen atoms in total. The van der Waals surface area contributed by atoms with Gasteiger partial charge >= 0.3 is 0 Å². The molecule has 0 unspecified atom stereocenters. The lowest BCUT2D eigenvalue weighted by molar-refractivity contribution is -0.134. The summed E-state index contributed by atoms with van der Waals surface area (Å²) in [6.45, 7) is 2.69. The molecule has 0 bridgehead atoms. The van der Waals surface area contributed by atoms with E-state index in [1.54, 1.807) is 23.3 Å². The third kappa shape index (κ3) is 5.78. The smallest absolute Gasteiger partial charge is 0.261 e. The van der Waals surface area contributed by atoms with Crippen molar-refractivity contribution in [2.75, 3.05) is 25.6 Å². The summed E-state index contributed by atoms with van der Waals surface area (Å²) in [4.78, 5) is 16.7. The van der Waals surface area contributed by atoms with Crippen molar-refractivity contribution in [3.8, 4) is 5.75 Å². The summed E-state index contributed by atoms with van der Waals surface area (Å²) in [5, 5.41) is 0.641. The van der Waals surface area contributed by atoms with Crippen LogP contribution in [0.3, 0.4) is 0 Å². The zero-order valence-electron chi connectivity index (χ0n) is 16.9. The molecule has 0 atom stereocenters. The largest absolute Gasteiger partial charge is 0.483 e. The second kappa shape index (κ2) is 9.52. The van der Waals surface area contributed by atoms with Crippen LogP contribution in [0.4, 0.5) is 5.69 Å². The zero-order chi connectivity index (χ0) is 20.8. The van der Waals surface area contributed by atoms with Crippen molar-refractivity contribution in [3.63, 3.8) is 0 Å². The van der Waals surface area contributed by atoms with Crippen LogP contribution in [0, 0.1) is 6.92 Å². The van der Waals surface area contributed by atoms with Gasteiger partial charge in [-0.25, -0.2) is 0 Å². The van der Waals surface area contributed by atoms with Crippen LogP contribution in [0.1, 0.15) is 16.9 Å². The number of rotatable bonds is 8. The Bertz CT molecular complexity index is 937. The summed E-state index contributed by atoms with van der Waals surface area (Å²) in [5.74, 6) is 1.26. The maximum Gasteiger partial charge on any atom is 0.261 e. The van der Waals surface area contributed by atoms with E-state index in [9.17, 15) is 4.79 Å². The van der Waals surface area contributed by atoms with Crippen molar-refractivity contribution in [2.24, 2.45) is 0 Å². The number of amides is 1. The molecule has 1 heterocycles. The highest BCUT2D eigenvalue weighted by Crippen LogP contribution is 2.22. The summed E-state index contributed by atoms with van der Waals surface area (Å²) >= 11 is 5.99. The molecule has 0 saturated heterocycles. The fourth-order valence-electron chi connectivity index (χ4n) is 2.95. The van der Waals surface area contributed by atoms with Crippen molar-refractivity contribution in [1.29, 1.82) is 0 Å². The number of carbonyl (C=O) groups is 1. The van der Waals surface area contributed by atoms with Crippen LogP contribution >= 0.6 is 11.6 Å². The Morgan fingerprint density at radius 1 is 1.07 bits per heavy atom. The Labute approximate surface area is 176 Å². The molecule has 152 valence electrons. The molecule has 0 N–H and O–H groups in total. The SMILES string of the molecule is Cc1cc(Cl)ccc1OCC(=O)N(Cc1ccc(N(C)C)cc1)Cc1ccco1.